The van der Waals surface area contributed by atoms with E-state index < -0.39 is 91.3 Å². The van der Waals surface area contributed by atoms with Crippen LogP contribution < -0.4 is 17.0 Å². The molecule has 242 valence electrons. The second kappa shape index (κ2) is 10.9. The van der Waals surface area contributed by atoms with Gasteiger partial charge in [-0.2, -0.15) is 4.98 Å². The largest absolute Gasteiger partial charge is 0.387 e. The van der Waals surface area contributed by atoms with Crippen molar-refractivity contribution in [2.24, 2.45) is 0 Å². The molecule has 3 aliphatic rings. The van der Waals surface area contributed by atoms with E-state index in [4.69, 9.17) is 39.0 Å². The van der Waals surface area contributed by atoms with Crippen molar-refractivity contribution in [3.8, 4) is 0 Å². The fraction of sp³-hybridized carbons (Fsp3) is 0.500. The Balaban J connectivity index is 1.21. The van der Waals surface area contributed by atoms with Gasteiger partial charge in [0.1, 0.15) is 63.4 Å². The molecule has 21 nitrogen and oxygen atoms in total. The summed E-state index contributed by atoms with van der Waals surface area (Å²) in [5, 5.41) is 22.6. The van der Waals surface area contributed by atoms with Crippen LogP contribution in [0, 0.1) is 0 Å². The van der Waals surface area contributed by atoms with E-state index in [1.165, 1.54) is 28.1 Å². The summed E-state index contributed by atoms with van der Waals surface area (Å²) in [6.07, 6.45) is -6.03. The zero-order chi connectivity index (χ0) is 31.8. The lowest BCUT2D eigenvalue weighted by Gasteiger charge is -2.30. The SMILES string of the molecule is [BH3-][P@@]1(=O)OCC2OC(n3cnc4c(=O)[nH]c(N)nc43)C(O[P@]([BH3-])(=O)OCC3OC(n4cnc5c(N)ncnc54)C(O)C3O1)C2O. The monoisotopic (exact) mass is 668 g/mol. The number of hydrogen-bond donors (Lipinski definition) is 5. The molecule has 25 heteroatoms. The van der Waals surface area contributed by atoms with E-state index in [9.17, 15) is 24.1 Å². The van der Waals surface area contributed by atoms with Crippen molar-refractivity contribution in [3.63, 3.8) is 0 Å². The van der Waals surface area contributed by atoms with Gasteiger partial charge in [0, 0.05) is 0 Å². The molecule has 0 saturated carbocycles. The maximum Gasteiger partial charge on any atom is 0.280 e. The van der Waals surface area contributed by atoms with Crippen LogP contribution >= 0.6 is 14.9 Å². The number of imidazole rings is 2. The molecule has 3 saturated heterocycles. The summed E-state index contributed by atoms with van der Waals surface area (Å²) in [6.45, 7) is -0.787. The van der Waals surface area contributed by atoms with Gasteiger partial charge in [-0.15, -0.1) is 0 Å². The second-order valence-electron chi connectivity index (χ2n) is 9.65. The standard InChI is InChI=1S/C20H28B2N10O11P2/c21-44(36)38-1-6-10(33)13(19(40-6)32-5-28-9-16(32)29-20(24)30-17(9)35)43-45(22,37)39-2-7-12(42-44)11(34)18(41-7)31-4-27-8-14(23)25-3-26-15(8)31/h3-7,10-13,18-19,33-34H,1-2H2,21-22H3,(H2,23,25,26)(H3,24,29,30,35)/q-2/t6?,7?,10?,11?,12?,13?,18?,19?,44-,45-/m1/s1. The quantitative estimate of drug-likeness (QED) is 0.102. The molecule has 4 aromatic rings. The molecule has 7 N–H and O–H groups in total. The Hall–Kier alpha value is -3.23. The summed E-state index contributed by atoms with van der Waals surface area (Å²) in [5.74, 6) is -0.0555. The maximum atomic E-state index is 13.8. The van der Waals surface area contributed by atoms with Crippen LogP contribution in [0.15, 0.2) is 23.8 Å². The number of nitrogens with zero attached hydrogens (tertiary/aromatic N) is 7. The molecule has 7 heterocycles. The number of hydrogen-bond acceptors (Lipinski definition) is 18. The van der Waals surface area contributed by atoms with Crippen molar-refractivity contribution in [1.82, 2.24) is 39.0 Å². The molecule has 10 atom stereocenters. The Bertz CT molecular complexity index is 1940. The van der Waals surface area contributed by atoms with Crippen LogP contribution in [0.5, 0.6) is 0 Å². The van der Waals surface area contributed by atoms with Crippen LogP contribution in [0.4, 0.5) is 11.8 Å². The van der Waals surface area contributed by atoms with Crippen LogP contribution in [-0.2, 0) is 36.7 Å². The highest BCUT2D eigenvalue weighted by Gasteiger charge is 2.51. The first-order chi connectivity index (χ1) is 21.3. The zero-order valence-electron chi connectivity index (χ0n) is 21.5. The molecule has 0 radical (unpaired) electrons. The molecule has 0 aromatic carbocycles. The van der Waals surface area contributed by atoms with Crippen LogP contribution in [0.3, 0.4) is 0 Å². The third kappa shape index (κ3) is 5.38. The Kier molecular flexibility index (Phi) is 7.40. The van der Waals surface area contributed by atoms with Gasteiger partial charge in [0.15, 0.2) is 35.1 Å². The third-order valence-electron chi connectivity index (χ3n) is 7.11. The number of fused-ring (bicyclic) bond motifs is 5. The lowest BCUT2D eigenvalue weighted by atomic mass is 10.1. The topological polar surface area (TPSA) is 289 Å². The fourth-order valence-electron chi connectivity index (χ4n) is 5.12. The minimum atomic E-state index is -3.79. The van der Waals surface area contributed by atoms with Gasteiger partial charge in [-0.1, -0.05) is 0 Å². The highest BCUT2D eigenvalue weighted by molar-refractivity contribution is 7.79. The molecule has 4 aromatic heterocycles. The van der Waals surface area contributed by atoms with E-state index in [1.54, 1.807) is 0 Å². The van der Waals surface area contributed by atoms with Gasteiger partial charge in [-0.05, 0) is 0 Å². The summed E-state index contributed by atoms with van der Waals surface area (Å²) in [6, 6.07) is 0. The summed E-state index contributed by atoms with van der Waals surface area (Å²) in [7, 11) is -9.92. The fourth-order valence-corrected chi connectivity index (χ4v) is 6.67. The summed E-state index contributed by atoms with van der Waals surface area (Å²) >= 11 is 0. The smallest absolute Gasteiger partial charge is 0.280 e. The van der Waals surface area contributed by atoms with Gasteiger partial charge < -0.3 is 58.4 Å². The van der Waals surface area contributed by atoms with Gasteiger partial charge in [-0.3, -0.25) is 18.9 Å². The molecular weight excluding hydrogens is 640 g/mol. The average molecular weight is 668 g/mol. The molecule has 45 heavy (non-hydrogen) atoms. The van der Waals surface area contributed by atoms with Gasteiger partial charge in [0.2, 0.25) is 5.95 Å². The van der Waals surface area contributed by atoms with E-state index in [2.05, 4.69) is 29.9 Å². The first kappa shape index (κ1) is 30.4. The van der Waals surface area contributed by atoms with E-state index in [0.717, 1.165) is 0 Å². The van der Waals surface area contributed by atoms with E-state index in [0.29, 0.717) is 0 Å². The number of H-pyrrole nitrogens is 1. The molecule has 8 unspecified atom stereocenters. The normalized spacial score (nSPS) is 37.7. The van der Waals surface area contributed by atoms with E-state index in [-0.39, 0.29) is 40.7 Å². The Morgan fingerprint density at radius 1 is 0.844 bits per heavy atom. The number of aliphatic hydroxyl groups is 2. The lowest BCUT2D eigenvalue weighted by Crippen LogP contribution is -2.36. The number of anilines is 2. The van der Waals surface area contributed by atoms with Crippen molar-refractivity contribution in [2.45, 2.75) is 49.1 Å². The average Bonchev–Trinajstić information content (AvgIpc) is 3.72. The van der Waals surface area contributed by atoms with Gasteiger partial charge in [-0.25, -0.2) is 19.9 Å². The summed E-state index contributed by atoms with van der Waals surface area (Å²) in [5.41, 5.74) is 11.6. The molecule has 3 aliphatic heterocycles. The molecule has 0 spiro atoms. The number of aromatic amines is 1. The van der Waals surface area contributed by atoms with E-state index >= 15 is 0 Å². The zero-order valence-corrected chi connectivity index (χ0v) is 23.3. The number of ether oxygens (including phenoxy) is 2. The number of nitrogen functional groups attached to an aromatic ring is 2. The van der Waals surface area contributed by atoms with Crippen LogP contribution in [0.25, 0.3) is 22.3 Å². The number of nitrogens with one attached hydrogen (secondary N) is 1. The van der Waals surface area contributed by atoms with E-state index in [1.807, 2.05) is 0 Å². The van der Waals surface area contributed by atoms with Crippen LogP contribution in [0.1, 0.15) is 12.5 Å². The van der Waals surface area contributed by atoms with Gasteiger partial charge in [0.05, 0.1) is 41.0 Å². The highest BCUT2D eigenvalue weighted by Crippen LogP contribution is 2.53. The van der Waals surface area contributed by atoms with Crippen molar-refractivity contribution < 1.29 is 46.9 Å². The number of aromatic nitrogens is 8. The predicted octanol–water partition coefficient (Wildman–Crippen LogP) is -3.60. The minimum Gasteiger partial charge on any atom is -0.387 e. The Labute approximate surface area is 253 Å². The van der Waals surface area contributed by atoms with Crippen molar-refractivity contribution in [1.29, 1.82) is 0 Å². The second-order valence-corrected chi connectivity index (χ2v) is 11.5. The molecule has 0 aliphatic carbocycles. The van der Waals surface area contributed by atoms with Crippen LogP contribution in [0.2, 0.25) is 0 Å². The molecule has 2 bridgehead atoms. The van der Waals surface area contributed by atoms with Crippen molar-refractivity contribution in [2.75, 3.05) is 24.7 Å². The number of nitrogens with two attached hydrogens (primary N) is 2. The molecule has 7 rings (SSSR count). The third-order valence-corrected chi connectivity index (χ3v) is 8.66. The molecular formula is C20H28B2N10O11P2-2. The van der Waals surface area contributed by atoms with Gasteiger partial charge in [0.25, 0.3) is 5.56 Å². The Morgan fingerprint density at radius 3 is 2.20 bits per heavy atom. The minimum absolute atomic E-state index is 0.0349. The summed E-state index contributed by atoms with van der Waals surface area (Å²) < 4.78 is 65.8. The summed E-state index contributed by atoms with van der Waals surface area (Å²) in [4.78, 5) is 35.2. The van der Waals surface area contributed by atoms with Crippen LogP contribution in [-0.4, -0.2) is 114 Å². The van der Waals surface area contributed by atoms with Crippen molar-refractivity contribution in [3.05, 3.63) is 29.3 Å². The molecule has 0 amide bonds. The maximum absolute atomic E-state index is 13.8. The predicted molar refractivity (Wildman–Crippen MR) is 159 cm³/mol. The Morgan fingerprint density at radius 2 is 1.47 bits per heavy atom. The highest BCUT2D eigenvalue weighted by atomic mass is 31.2. The first-order valence-corrected chi connectivity index (χ1v) is 14.7. The van der Waals surface area contributed by atoms with Gasteiger partial charge >= 0.3 is 0 Å². The molecule has 3 fully saturated rings. The first-order valence-electron chi connectivity index (χ1n) is 12.6. The number of rotatable bonds is 2. The number of aliphatic hydroxyl groups excluding tert-OH is 2. The lowest BCUT2D eigenvalue weighted by molar-refractivity contribution is -0.0578. The van der Waals surface area contributed by atoms with Crippen molar-refractivity contribution >= 4 is 64.2 Å².